The fourth-order valence-electron chi connectivity index (χ4n) is 4.04. The molecule has 0 unspecified atom stereocenters. The Labute approximate surface area is 199 Å². The van der Waals surface area contributed by atoms with Crippen molar-refractivity contribution >= 4 is 45.5 Å². The van der Waals surface area contributed by atoms with Gasteiger partial charge < -0.3 is 19.1 Å². The molecule has 0 atom stereocenters. The summed E-state index contributed by atoms with van der Waals surface area (Å²) in [6.45, 7) is 0.162. The number of carboxylic acid groups (broad SMARTS) is 1. The second-order valence-corrected chi connectivity index (χ2v) is 7.78. The summed E-state index contributed by atoms with van der Waals surface area (Å²) in [6.07, 6.45) is 0.193. The molecule has 184 valence electrons. The van der Waals surface area contributed by atoms with Crippen LogP contribution in [0.25, 0.3) is 27.7 Å². The van der Waals surface area contributed by atoms with E-state index in [4.69, 9.17) is 19.4 Å². The molecule has 3 aromatic heterocycles. The van der Waals surface area contributed by atoms with E-state index in [-0.39, 0.29) is 6.79 Å². The number of aliphatic carboxylic acids is 1. The number of nitrogens with one attached hydrogen (secondary N) is 1. The minimum Gasteiger partial charge on any atom is -0.475 e. The summed E-state index contributed by atoms with van der Waals surface area (Å²) in [5, 5.41) is 10.4. The third kappa shape index (κ3) is 3.70. The molecule has 10 nitrogen and oxygen atoms in total. The first-order valence-corrected chi connectivity index (χ1v) is 10.3. The number of aryl methyl sites for hydroxylation is 1. The Morgan fingerprint density at radius 1 is 1.11 bits per heavy atom. The lowest BCUT2D eigenvalue weighted by Gasteiger charge is -2.04. The van der Waals surface area contributed by atoms with Crippen molar-refractivity contribution in [3.8, 4) is 11.5 Å². The zero-order valence-corrected chi connectivity index (χ0v) is 18.3. The Bertz CT molecular complexity index is 1620. The molecule has 6 rings (SSSR count). The number of alkyl halides is 3. The maximum atomic E-state index is 12.8. The molecule has 2 aliphatic heterocycles. The summed E-state index contributed by atoms with van der Waals surface area (Å²) in [7, 11) is 1.89. The van der Waals surface area contributed by atoms with Gasteiger partial charge in [0.25, 0.3) is 11.8 Å². The minimum absolute atomic E-state index is 0.162. The number of fused-ring (bicyclic) bond motifs is 3. The number of amides is 2. The second-order valence-electron chi connectivity index (χ2n) is 7.78. The highest BCUT2D eigenvalue weighted by molar-refractivity contribution is 6.49. The van der Waals surface area contributed by atoms with Crippen LogP contribution in [0, 0.1) is 0 Å². The highest BCUT2D eigenvalue weighted by atomic mass is 19.4. The Hall–Kier alpha value is -4.81. The number of imidazole rings is 1. The largest absolute Gasteiger partial charge is 0.490 e. The number of pyridine rings is 1. The Morgan fingerprint density at radius 2 is 1.78 bits per heavy atom. The predicted molar refractivity (Wildman–Crippen MR) is 118 cm³/mol. The van der Waals surface area contributed by atoms with Gasteiger partial charge in [0, 0.05) is 36.5 Å². The Morgan fingerprint density at radius 3 is 2.47 bits per heavy atom. The number of carbonyl (C=O) groups is 3. The van der Waals surface area contributed by atoms with Gasteiger partial charge in [-0.1, -0.05) is 6.07 Å². The summed E-state index contributed by atoms with van der Waals surface area (Å²) in [4.78, 5) is 38.8. The molecule has 0 aliphatic carbocycles. The SMILES string of the molecule is Cn1cc(C2=C(c3cnc4ccccn34)C(=O)NC2=O)c2cc3c(cc21)OCO3.O=C(O)C(F)(F)F. The molecule has 5 heterocycles. The van der Waals surface area contributed by atoms with Crippen LogP contribution in [0.3, 0.4) is 0 Å². The summed E-state index contributed by atoms with van der Waals surface area (Å²) >= 11 is 0. The zero-order chi connectivity index (χ0) is 25.8. The number of nitrogens with zero attached hydrogens (tertiary/aromatic N) is 3. The molecule has 0 fully saturated rings. The van der Waals surface area contributed by atoms with Gasteiger partial charge in [0.1, 0.15) is 5.65 Å². The van der Waals surface area contributed by atoms with Gasteiger partial charge in [-0.15, -0.1) is 0 Å². The van der Waals surface area contributed by atoms with Gasteiger partial charge in [-0.3, -0.25) is 19.3 Å². The van der Waals surface area contributed by atoms with Crippen molar-refractivity contribution in [1.82, 2.24) is 19.3 Å². The lowest BCUT2D eigenvalue weighted by molar-refractivity contribution is -0.192. The number of hydrogen-bond acceptors (Lipinski definition) is 6. The van der Waals surface area contributed by atoms with Gasteiger partial charge in [0.05, 0.1) is 28.6 Å². The number of hydrogen-bond donors (Lipinski definition) is 2. The molecule has 1 aromatic carbocycles. The molecular weight excluding hydrogens is 485 g/mol. The predicted octanol–water partition coefficient (Wildman–Crippen LogP) is 2.76. The van der Waals surface area contributed by atoms with E-state index >= 15 is 0 Å². The average Bonchev–Trinajstić information content (AvgIpc) is 3.57. The third-order valence-electron chi connectivity index (χ3n) is 5.60. The van der Waals surface area contributed by atoms with Crippen LogP contribution < -0.4 is 14.8 Å². The van der Waals surface area contributed by atoms with Crippen molar-refractivity contribution in [2.24, 2.45) is 7.05 Å². The van der Waals surface area contributed by atoms with Crippen molar-refractivity contribution in [3.63, 3.8) is 0 Å². The normalized spacial score (nSPS) is 14.9. The van der Waals surface area contributed by atoms with Crippen LogP contribution in [0.5, 0.6) is 11.5 Å². The van der Waals surface area contributed by atoms with Crippen molar-refractivity contribution < 1.29 is 42.1 Å². The lowest BCUT2D eigenvalue weighted by Crippen LogP contribution is -2.23. The first-order chi connectivity index (χ1) is 17.1. The molecule has 0 saturated carbocycles. The number of aromatic nitrogens is 3. The zero-order valence-electron chi connectivity index (χ0n) is 18.3. The third-order valence-corrected chi connectivity index (χ3v) is 5.60. The van der Waals surface area contributed by atoms with Crippen molar-refractivity contribution in [2.45, 2.75) is 6.18 Å². The van der Waals surface area contributed by atoms with Gasteiger partial charge in [0.2, 0.25) is 6.79 Å². The van der Waals surface area contributed by atoms with Gasteiger partial charge >= 0.3 is 12.1 Å². The molecule has 0 saturated heterocycles. The standard InChI is InChI=1S/C21H14N4O4.C2HF3O2/c1-24-9-12(11-6-15-16(7-13(11)24)29-10-28-15)18-19(21(27)23-20(18)26)14-8-22-17-4-2-3-5-25(14)17;3-2(4,5)1(6)7/h2-9H,10H2,1H3,(H,23,26,27);(H,6,7). The van der Waals surface area contributed by atoms with Gasteiger partial charge in [-0.2, -0.15) is 13.2 Å². The van der Waals surface area contributed by atoms with Crippen molar-refractivity contribution in [1.29, 1.82) is 0 Å². The molecule has 2 amide bonds. The van der Waals surface area contributed by atoms with E-state index in [0.29, 0.717) is 39.5 Å². The maximum Gasteiger partial charge on any atom is 0.490 e. The summed E-state index contributed by atoms with van der Waals surface area (Å²) in [5.41, 5.74) is 3.43. The molecular formula is C23H15F3N4O6. The highest BCUT2D eigenvalue weighted by Crippen LogP contribution is 2.41. The number of rotatable bonds is 2. The molecule has 0 spiro atoms. The quantitative estimate of drug-likeness (QED) is 0.406. The molecule has 13 heteroatoms. The van der Waals surface area contributed by atoms with E-state index in [9.17, 15) is 22.8 Å². The molecule has 0 radical (unpaired) electrons. The molecule has 0 bridgehead atoms. The Kier molecular flexibility index (Phi) is 5.20. The van der Waals surface area contributed by atoms with Crippen LogP contribution in [0.2, 0.25) is 0 Å². The van der Waals surface area contributed by atoms with Crippen molar-refractivity contribution in [2.75, 3.05) is 6.79 Å². The molecule has 4 aromatic rings. The minimum atomic E-state index is -5.08. The van der Waals surface area contributed by atoms with Gasteiger partial charge in [-0.25, -0.2) is 9.78 Å². The van der Waals surface area contributed by atoms with E-state index in [0.717, 1.165) is 10.9 Å². The number of carboxylic acids is 1. The second kappa shape index (κ2) is 8.15. The lowest BCUT2D eigenvalue weighted by atomic mass is 9.99. The number of ether oxygens (including phenoxy) is 2. The fourth-order valence-corrected chi connectivity index (χ4v) is 4.04. The first kappa shape index (κ1) is 23.0. The summed E-state index contributed by atoms with van der Waals surface area (Å²) < 4.78 is 46.4. The van der Waals surface area contributed by atoms with E-state index in [2.05, 4.69) is 10.3 Å². The first-order valence-electron chi connectivity index (χ1n) is 10.3. The topological polar surface area (TPSA) is 124 Å². The van der Waals surface area contributed by atoms with E-state index in [1.807, 2.05) is 54.3 Å². The monoisotopic (exact) mass is 500 g/mol. The van der Waals surface area contributed by atoms with E-state index in [1.165, 1.54) is 0 Å². The van der Waals surface area contributed by atoms with Gasteiger partial charge in [0.15, 0.2) is 11.5 Å². The number of imide groups is 1. The summed E-state index contributed by atoms with van der Waals surface area (Å²) in [5.74, 6) is -2.35. The smallest absolute Gasteiger partial charge is 0.475 e. The van der Waals surface area contributed by atoms with Crippen molar-refractivity contribution in [3.05, 3.63) is 60.2 Å². The fraction of sp³-hybridized carbons (Fsp3) is 0.130. The van der Waals surface area contributed by atoms with Crippen LogP contribution >= 0.6 is 0 Å². The number of halogens is 3. The molecule has 36 heavy (non-hydrogen) atoms. The van der Waals surface area contributed by atoms with Crippen LogP contribution in [0.4, 0.5) is 13.2 Å². The van der Waals surface area contributed by atoms with Crippen LogP contribution in [0.15, 0.2) is 48.9 Å². The van der Waals surface area contributed by atoms with Crippen LogP contribution in [-0.4, -0.2) is 49.8 Å². The summed E-state index contributed by atoms with van der Waals surface area (Å²) in [6, 6.07) is 9.30. The van der Waals surface area contributed by atoms with E-state index < -0.39 is 24.0 Å². The van der Waals surface area contributed by atoms with Crippen LogP contribution in [-0.2, 0) is 21.4 Å². The average molecular weight is 500 g/mol. The number of carbonyl (C=O) groups excluding carboxylic acids is 2. The maximum absolute atomic E-state index is 12.8. The molecule has 2 N–H and O–H groups in total. The van der Waals surface area contributed by atoms with Crippen LogP contribution in [0.1, 0.15) is 11.3 Å². The Balaban J connectivity index is 0.000000338. The molecule has 2 aliphatic rings. The van der Waals surface area contributed by atoms with Gasteiger partial charge in [-0.05, 0) is 18.2 Å². The highest BCUT2D eigenvalue weighted by Gasteiger charge is 2.38. The number of benzene rings is 1. The van der Waals surface area contributed by atoms with E-state index in [1.54, 1.807) is 10.6 Å².